The molecule has 3 aromatic rings. The van der Waals surface area contributed by atoms with Crippen LogP contribution in [0.2, 0.25) is 0 Å². The molecular formula is C17H13FN6O3. The lowest BCUT2D eigenvalue weighted by Crippen LogP contribution is -2.58. The number of rotatable bonds is 1. The van der Waals surface area contributed by atoms with E-state index in [1.54, 1.807) is 12.3 Å². The van der Waals surface area contributed by atoms with Crippen molar-refractivity contribution in [3.05, 3.63) is 53.6 Å². The van der Waals surface area contributed by atoms with Crippen LogP contribution >= 0.6 is 0 Å². The van der Waals surface area contributed by atoms with Gasteiger partial charge in [-0.05, 0) is 24.3 Å². The van der Waals surface area contributed by atoms with Crippen molar-refractivity contribution in [2.75, 3.05) is 5.32 Å². The fourth-order valence-corrected chi connectivity index (χ4v) is 3.51. The van der Waals surface area contributed by atoms with Crippen molar-refractivity contribution in [2.24, 2.45) is 5.73 Å². The van der Waals surface area contributed by atoms with Gasteiger partial charge in [-0.25, -0.2) is 13.9 Å². The van der Waals surface area contributed by atoms with Crippen LogP contribution in [0.15, 0.2) is 36.7 Å². The van der Waals surface area contributed by atoms with E-state index in [1.807, 2.05) is 0 Å². The number of nitrogens with one attached hydrogen (secondary N) is 2. The minimum absolute atomic E-state index is 0.243. The van der Waals surface area contributed by atoms with Crippen molar-refractivity contribution in [3.8, 4) is 5.75 Å². The Balaban J connectivity index is 1.72. The van der Waals surface area contributed by atoms with Crippen molar-refractivity contribution in [3.63, 3.8) is 0 Å². The van der Waals surface area contributed by atoms with E-state index in [9.17, 15) is 14.0 Å². The molecule has 0 saturated carbocycles. The van der Waals surface area contributed by atoms with Crippen molar-refractivity contribution in [1.82, 2.24) is 19.9 Å². The van der Waals surface area contributed by atoms with Crippen LogP contribution in [-0.2, 0) is 4.79 Å². The predicted octanol–water partition coefficient (Wildman–Crippen LogP) is 0.380. The molecule has 2 bridgehead atoms. The highest BCUT2D eigenvalue weighted by Gasteiger charge is 2.43. The Morgan fingerprint density at radius 3 is 2.96 bits per heavy atom. The quantitative estimate of drug-likeness (QED) is 0.571. The molecule has 3 atom stereocenters. The summed E-state index contributed by atoms with van der Waals surface area (Å²) in [7, 11) is 0. The number of anilines is 1. The van der Waals surface area contributed by atoms with Gasteiger partial charge in [0.1, 0.15) is 22.9 Å². The van der Waals surface area contributed by atoms with Gasteiger partial charge in [0, 0.05) is 11.8 Å². The Bertz CT molecular complexity index is 1110. The Hall–Kier alpha value is -3.69. The number of halogens is 1. The number of primary amides is 1. The monoisotopic (exact) mass is 368 g/mol. The largest absolute Gasteiger partial charge is 0.478 e. The van der Waals surface area contributed by atoms with Crippen LogP contribution in [0.4, 0.5) is 10.2 Å². The van der Waals surface area contributed by atoms with Crippen molar-refractivity contribution in [2.45, 2.75) is 18.2 Å². The third-order valence-electron chi connectivity index (χ3n) is 4.74. The highest BCUT2D eigenvalue weighted by Crippen LogP contribution is 2.38. The molecule has 2 aromatic heterocycles. The second-order valence-electron chi connectivity index (χ2n) is 6.38. The lowest BCUT2D eigenvalue weighted by molar-refractivity contribution is -0.126. The maximum absolute atomic E-state index is 13.9. The van der Waals surface area contributed by atoms with E-state index in [0.717, 1.165) is 0 Å². The van der Waals surface area contributed by atoms with Crippen molar-refractivity contribution in [1.29, 1.82) is 0 Å². The zero-order valence-electron chi connectivity index (χ0n) is 13.7. The molecule has 0 aliphatic carbocycles. The van der Waals surface area contributed by atoms with Gasteiger partial charge in [0.05, 0.1) is 18.3 Å². The fraction of sp³-hybridized carbons (Fsp3) is 0.176. The first-order valence-electron chi connectivity index (χ1n) is 8.18. The van der Waals surface area contributed by atoms with E-state index in [-0.39, 0.29) is 5.56 Å². The lowest BCUT2D eigenvalue weighted by Gasteiger charge is -2.38. The molecular weight excluding hydrogens is 355 g/mol. The fourth-order valence-electron chi connectivity index (χ4n) is 3.51. The minimum atomic E-state index is -1.15. The third-order valence-corrected chi connectivity index (χ3v) is 4.74. The topological polar surface area (TPSA) is 124 Å². The first-order chi connectivity index (χ1) is 13.0. The Labute approximate surface area is 151 Å². The van der Waals surface area contributed by atoms with E-state index >= 15 is 0 Å². The van der Waals surface area contributed by atoms with Gasteiger partial charge in [0.25, 0.3) is 11.8 Å². The lowest BCUT2D eigenvalue weighted by atomic mass is 9.90. The van der Waals surface area contributed by atoms with E-state index in [2.05, 4.69) is 20.7 Å². The van der Waals surface area contributed by atoms with E-state index in [4.69, 9.17) is 10.5 Å². The number of nitrogens with zero attached hydrogens (tertiary/aromatic N) is 3. The van der Waals surface area contributed by atoms with E-state index in [0.29, 0.717) is 22.8 Å². The Morgan fingerprint density at radius 2 is 2.15 bits per heavy atom. The summed E-state index contributed by atoms with van der Waals surface area (Å²) in [6, 6.07) is 4.06. The summed E-state index contributed by atoms with van der Waals surface area (Å²) >= 11 is 0. The maximum Gasteiger partial charge on any atom is 0.260 e. The van der Waals surface area contributed by atoms with Gasteiger partial charge in [-0.15, -0.1) is 0 Å². The van der Waals surface area contributed by atoms with Gasteiger partial charge >= 0.3 is 0 Å². The molecule has 9 nitrogen and oxygen atoms in total. The van der Waals surface area contributed by atoms with Crippen LogP contribution in [-0.4, -0.2) is 38.6 Å². The second-order valence-corrected chi connectivity index (χ2v) is 6.38. The maximum atomic E-state index is 13.9. The Morgan fingerprint density at radius 1 is 1.30 bits per heavy atom. The number of benzene rings is 1. The van der Waals surface area contributed by atoms with Gasteiger partial charge in [0.2, 0.25) is 0 Å². The summed E-state index contributed by atoms with van der Waals surface area (Å²) in [6.45, 7) is 0. The van der Waals surface area contributed by atoms with Crippen molar-refractivity contribution >= 4 is 23.3 Å². The molecule has 0 fully saturated rings. The molecule has 0 radical (unpaired) electrons. The van der Waals surface area contributed by atoms with Crippen LogP contribution in [0.25, 0.3) is 5.65 Å². The molecule has 27 heavy (non-hydrogen) atoms. The third kappa shape index (κ3) is 2.30. The molecule has 4 heterocycles. The molecule has 3 unspecified atom stereocenters. The molecule has 136 valence electrons. The SMILES string of the molecule is NC(=O)C1Oc2ccc(F)cc2C2Nc3ccn4ncc(c4n3)C(=O)NC12. The summed E-state index contributed by atoms with van der Waals surface area (Å²) in [5, 5.41) is 10.0. The normalized spacial score (nSPS) is 23.1. The summed E-state index contributed by atoms with van der Waals surface area (Å²) in [6.07, 6.45) is 1.89. The molecule has 0 saturated heterocycles. The summed E-state index contributed by atoms with van der Waals surface area (Å²) in [5.41, 5.74) is 6.56. The molecule has 1 aromatic carbocycles. The van der Waals surface area contributed by atoms with Crippen LogP contribution in [0.1, 0.15) is 22.0 Å². The Kier molecular flexibility index (Phi) is 3.11. The molecule has 2 aliphatic rings. The van der Waals surface area contributed by atoms with Gasteiger partial charge < -0.3 is 21.1 Å². The molecule has 4 N–H and O–H groups in total. The zero-order valence-corrected chi connectivity index (χ0v) is 13.7. The average Bonchev–Trinajstić information content (AvgIpc) is 3.06. The number of ether oxygens (including phenoxy) is 1. The molecule has 2 amide bonds. The molecule has 5 rings (SSSR count). The minimum Gasteiger partial charge on any atom is -0.478 e. The number of fused-ring (bicyclic) bond motifs is 4. The van der Waals surface area contributed by atoms with Gasteiger partial charge in [-0.1, -0.05) is 0 Å². The van der Waals surface area contributed by atoms with Crippen LogP contribution in [0, 0.1) is 5.82 Å². The second kappa shape index (κ2) is 5.40. The number of hydrogen-bond acceptors (Lipinski definition) is 6. The number of nitrogens with two attached hydrogens (primary N) is 1. The van der Waals surface area contributed by atoms with Gasteiger partial charge in [0.15, 0.2) is 11.8 Å². The zero-order chi connectivity index (χ0) is 18.7. The number of carbonyl (C=O) groups excluding carboxylic acids is 2. The van der Waals surface area contributed by atoms with Crippen LogP contribution in [0.5, 0.6) is 5.75 Å². The summed E-state index contributed by atoms with van der Waals surface area (Å²) < 4.78 is 21.0. The molecule has 10 heteroatoms. The average molecular weight is 368 g/mol. The standard InChI is InChI=1S/C17H13FN6O3/c18-7-1-2-10-8(5-7)12-13(14(27-10)15(19)25)23-17(26)9-6-20-24-4-3-11(21-12)22-16(9)24/h1-6,12-14H,(H2,19,25)(H,21,22)(H,23,26). The smallest absolute Gasteiger partial charge is 0.260 e. The number of hydrogen-bond donors (Lipinski definition) is 3. The van der Waals surface area contributed by atoms with Crippen LogP contribution in [0.3, 0.4) is 0 Å². The highest BCUT2D eigenvalue weighted by atomic mass is 19.1. The predicted molar refractivity (Wildman–Crippen MR) is 90.6 cm³/mol. The summed E-state index contributed by atoms with van der Waals surface area (Å²) in [4.78, 5) is 29.2. The summed E-state index contributed by atoms with van der Waals surface area (Å²) in [5.74, 6) is -0.950. The van der Waals surface area contributed by atoms with Crippen molar-refractivity contribution < 1.29 is 18.7 Å². The highest BCUT2D eigenvalue weighted by molar-refractivity contribution is 6.00. The first-order valence-corrected chi connectivity index (χ1v) is 8.18. The molecule has 0 spiro atoms. The molecule has 2 aliphatic heterocycles. The number of aromatic nitrogens is 3. The van der Waals surface area contributed by atoms with E-state index < -0.39 is 35.8 Å². The number of carbonyl (C=O) groups is 2. The van der Waals surface area contributed by atoms with Gasteiger partial charge in [-0.2, -0.15) is 5.10 Å². The van der Waals surface area contributed by atoms with Crippen LogP contribution < -0.4 is 21.1 Å². The first kappa shape index (κ1) is 15.6. The van der Waals surface area contributed by atoms with Gasteiger partial charge in [-0.3, -0.25) is 9.59 Å². The van der Waals surface area contributed by atoms with E-state index in [1.165, 1.54) is 28.9 Å². The number of amides is 2.